The van der Waals surface area contributed by atoms with Crippen LogP contribution < -0.4 is 4.90 Å². The van der Waals surface area contributed by atoms with Crippen LogP contribution in [0, 0.1) is 6.92 Å². The number of aryl methyl sites for hydroxylation is 1. The van der Waals surface area contributed by atoms with Crippen molar-refractivity contribution < 1.29 is 4.74 Å². The molecule has 2 aliphatic rings. The van der Waals surface area contributed by atoms with Crippen LogP contribution >= 0.6 is 11.3 Å². The number of hydrogen-bond donors (Lipinski definition) is 0. The van der Waals surface area contributed by atoms with Gasteiger partial charge in [-0.1, -0.05) is 0 Å². The van der Waals surface area contributed by atoms with Crippen molar-refractivity contribution in [2.75, 3.05) is 31.6 Å². The smallest absolute Gasteiger partial charge is 0.225 e. The van der Waals surface area contributed by atoms with Crippen LogP contribution in [0.5, 0.6) is 0 Å². The van der Waals surface area contributed by atoms with Gasteiger partial charge in [0.2, 0.25) is 5.95 Å². The Morgan fingerprint density at radius 2 is 2.21 bits per heavy atom. The Hall–Kier alpha value is -1.50. The van der Waals surface area contributed by atoms with E-state index in [1.165, 1.54) is 9.75 Å². The third-order valence-corrected chi connectivity index (χ3v) is 6.16. The van der Waals surface area contributed by atoms with Gasteiger partial charge in [0.1, 0.15) is 0 Å². The Kier molecular flexibility index (Phi) is 4.28. The Bertz CT molecular complexity index is 691. The molecular weight excluding hydrogens is 320 g/mol. The first kappa shape index (κ1) is 16.0. The van der Waals surface area contributed by atoms with E-state index in [0.29, 0.717) is 6.04 Å². The van der Waals surface area contributed by atoms with Gasteiger partial charge in [0, 0.05) is 55.3 Å². The topological polar surface area (TPSA) is 41.5 Å². The summed E-state index contributed by atoms with van der Waals surface area (Å²) in [5, 5.41) is 0. The Morgan fingerprint density at radius 3 is 2.96 bits per heavy atom. The minimum absolute atomic E-state index is 0.0139. The number of hydrogen-bond acceptors (Lipinski definition) is 6. The van der Waals surface area contributed by atoms with Crippen molar-refractivity contribution in [1.82, 2.24) is 14.9 Å². The molecule has 4 heterocycles. The molecule has 2 atom stereocenters. The molecular formula is C18H24N4OS. The highest BCUT2D eigenvalue weighted by atomic mass is 32.1. The summed E-state index contributed by atoms with van der Waals surface area (Å²) in [5.41, 5.74) is 0.0139. The van der Waals surface area contributed by atoms with Gasteiger partial charge in [-0.15, -0.1) is 11.3 Å². The lowest BCUT2D eigenvalue weighted by atomic mass is 9.97. The second kappa shape index (κ2) is 6.43. The molecule has 6 heteroatoms. The van der Waals surface area contributed by atoms with Crippen molar-refractivity contribution in [3.05, 3.63) is 40.3 Å². The van der Waals surface area contributed by atoms with Gasteiger partial charge >= 0.3 is 0 Å². The van der Waals surface area contributed by atoms with E-state index in [-0.39, 0.29) is 5.60 Å². The molecule has 0 unspecified atom stereocenters. The molecule has 0 radical (unpaired) electrons. The van der Waals surface area contributed by atoms with Crippen molar-refractivity contribution in [2.45, 2.75) is 38.0 Å². The zero-order chi connectivity index (χ0) is 16.6. The van der Waals surface area contributed by atoms with Gasteiger partial charge < -0.3 is 9.64 Å². The van der Waals surface area contributed by atoms with E-state index in [4.69, 9.17) is 4.74 Å². The first-order chi connectivity index (χ1) is 11.6. The average molecular weight is 344 g/mol. The van der Waals surface area contributed by atoms with Crippen LogP contribution in [-0.2, 0) is 11.3 Å². The molecule has 2 aromatic rings. The summed E-state index contributed by atoms with van der Waals surface area (Å²) >= 11 is 1.90. The predicted octanol–water partition coefficient (Wildman–Crippen LogP) is 2.72. The summed E-state index contributed by atoms with van der Waals surface area (Å²) in [6.45, 7) is 6.14. The van der Waals surface area contributed by atoms with E-state index in [1.54, 1.807) is 12.4 Å². The van der Waals surface area contributed by atoms with Crippen LogP contribution in [0.25, 0.3) is 0 Å². The van der Waals surface area contributed by atoms with Crippen LogP contribution in [0.1, 0.15) is 22.6 Å². The number of aromatic nitrogens is 2. The fourth-order valence-corrected chi connectivity index (χ4v) is 4.78. The molecule has 0 amide bonds. The monoisotopic (exact) mass is 344 g/mol. The number of ether oxygens (including phenoxy) is 1. The molecule has 2 aromatic heterocycles. The molecule has 5 nitrogen and oxygen atoms in total. The van der Waals surface area contributed by atoms with Crippen molar-refractivity contribution in [2.24, 2.45) is 0 Å². The van der Waals surface area contributed by atoms with Crippen molar-refractivity contribution in [3.63, 3.8) is 0 Å². The highest BCUT2D eigenvalue weighted by molar-refractivity contribution is 7.11. The zero-order valence-electron chi connectivity index (χ0n) is 14.3. The van der Waals surface area contributed by atoms with Crippen LogP contribution in [0.15, 0.2) is 30.6 Å². The Balaban J connectivity index is 1.37. The fourth-order valence-electron chi connectivity index (χ4n) is 3.84. The van der Waals surface area contributed by atoms with Gasteiger partial charge in [0.05, 0.1) is 18.2 Å². The summed E-state index contributed by atoms with van der Waals surface area (Å²) in [4.78, 5) is 16.3. The lowest BCUT2D eigenvalue weighted by Gasteiger charge is -2.26. The number of likely N-dealkylation sites (N-methyl/N-ethyl adjacent to an activating group) is 1. The van der Waals surface area contributed by atoms with E-state index < -0.39 is 0 Å². The molecule has 1 spiro atoms. The predicted molar refractivity (Wildman–Crippen MR) is 96.5 cm³/mol. The highest BCUT2D eigenvalue weighted by Crippen LogP contribution is 2.38. The third-order valence-electron chi connectivity index (χ3n) is 5.18. The van der Waals surface area contributed by atoms with Gasteiger partial charge in [-0.05, 0) is 31.5 Å². The maximum atomic E-state index is 6.29. The highest BCUT2D eigenvalue weighted by Gasteiger charge is 2.46. The molecule has 0 N–H and O–H groups in total. The summed E-state index contributed by atoms with van der Waals surface area (Å²) in [6.07, 6.45) is 5.77. The molecule has 2 saturated heterocycles. The Morgan fingerprint density at radius 1 is 1.38 bits per heavy atom. The van der Waals surface area contributed by atoms with E-state index >= 15 is 0 Å². The normalized spacial score (nSPS) is 27.2. The summed E-state index contributed by atoms with van der Waals surface area (Å²) in [6, 6.07) is 6.67. The molecule has 0 bridgehead atoms. The molecule has 2 aliphatic heterocycles. The quantitative estimate of drug-likeness (QED) is 0.853. The van der Waals surface area contributed by atoms with Gasteiger partial charge in [-0.25, -0.2) is 9.97 Å². The lowest BCUT2D eigenvalue weighted by molar-refractivity contribution is 0.0119. The number of likely N-dealkylation sites (tertiary alicyclic amines) is 1. The average Bonchev–Trinajstić information content (AvgIpc) is 3.30. The fraction of sp³-hybridized carbons (Fsp3) is 0.556. The standard InChI is InChI=1S/C18H24N4OS/c1-14-4-5-16(24-14)11-22-9-6-18(13-22)10-15(12-23-18)21(2)17-19-7-3-8-20-17/h3-5,7-8,15H,6,9-13H2,1-2H3/t15-,18-/m1/s1. The molecule has 0 saturated carbocycles. The van der Waals surface area contributed by atoms with Crippen LogP contribution in [0.4, 0.5) is 5.95 Å². The van der Waals surface area contributed by atoms with Gasteiger partial charge in [0.25, 0.3) is 0 Å². The molecule has 128 valence electrons. The first-order valence-corrected chi connectivity index (χ1v) is 9.37. The van der Waals surface area contributed by atoms with Crippen LogP contribution in [-0.4, -0.2) is 53.3 Å². The summed E-state index contributed by atoms with van der Waals surface area (Å²) < 4.78 is 6.29. The molecule has 0 aliphatic carbocycles. The molecule has 0 aromatic carbocycles. The second-order valence-electron chi connectivity index (χ2n) is 6.98. The van der Waals surface area contributed by atoms with Gasteiger partial charge in [0.15, 0.2) is 0 Å². The number of rotatable bonds is 4. The van der Waals surface area contributed by atoms with E-state index in [2.05, 4.69) is 45.9 Å². The number of thiophene rings is 1. The van der Waals surface area contributed by atoms with Crippen LogP contribution in [0.2, 0.25) is 0 Å². The minimum atomic E-state index is 0.0139. The maximum Gasteiger partial charge on any atom is 0.225 e. The van der Waals surface area contributed by atoms with E-state index in [9.17, 15) is 0 Å². The number of anilines is 1. The number of nitrogens with zero attached hydrogens (tertiary/aromatic N) is 4. The third kappa shape index (κ3) is 3.18. The lowest BCUT2D eigenvalue weighted by Crippen LogP contribution is -2.36. The van der Waals surface area contributed by atoms with Crippen LogP contribution in [0.3, 0.4) is 0 Å². The Labute approximate surface area is 147 Å². The zero-order valence-corrected chi connectivity index (χ0v) is 15.1. The van der Waals surface area contributed by atoms with E-state index in [0.717, 1.165) is 45.0 Å². The van der Waals surface area contributed by atoms with Gasteiger partial charge in [-0.3, -0.25) is 4.90 Å². The molecule has 4 rings (SSSR count). The minimum Gasteiger partial charge on any atom is -0.371 e. The summed E-state index contributed by atoms with van der Waals surface area (Å²) in [5.74, 6) is 0.784. The van der Waals surface area contributed by atoms with Gasteiger partial charge in [-0.2, -0.15) is 0 Å². The molecule has 24 heavy (non-hydrogen) atoms. The first-order valence-electron chi connectivity index (χ1n) is 8.55. The summed E-state index contributed by atoms with van der Waals surface area (Å²) in [7, 11) is 2.07. The maximum absolute atomic E-state index is 6.29. The van der Waals surface area contributed by atoms with Crippen molar-refractivity contribution >= 4 is 17.3 Å². The second-order valence-corrected chi connectivity index (χ2v) is 8.36. The molecule has 2 fully saturated rings. The SMILES string of the molecule is Cc1ccc(CN2CC[C@@]3(C[C@@H](N(C)c4ncccn4)CO3)C2)s1. The van der Waals surface area contributed by atoms with E-state index in [1.807, 2.05) is 17.4 Å². The van der Waals surface area contributed by atoms with Crippen molar-refractivity contribution in [3.8, 4) is 0 Å². The largest absolute Gasteiger partial charge is 0.371 e. The van der Waals surface area contributed by atoms with Crippen molar-refractivity contribution in [1.29, 1.82) is 0 Å².